The highest BCUT2D eigenvalue weighted by molar-refractivity contribution is 7.93. The molecule has 0 radical (unpaired) electrons. The van der Waals surface area contributed by atoms with Crippen molar-refractivity contribution in [2.24, 2.45) is 0 Å². The summed E-state index contributed by atoms with van der Waals surface area (Å²) in [6, 6.07) is 14.1. The highest BCUT2D eigenvalue weighted by Crippen LogP contribution is 2.28. The van der Waals surface area contributed by atoms with Crippen LogP contribution in [-0.2, 0) is 20.0 Å². The first-order valence-electron chi connectivity index (χ1n) is 8.18. The molecular weight excluding hydrogens is 422 g/mol. The van der Waals surface area contributed by atoms with Crippen LogP contribution in [0.3, 0.4) is 0 Å². The number of nitrogens with zero attached hydrogens (tertiary/aromatic N) is 3. The summed E-state index contributed by atoms with van der Waals surface area (Å²) in [5.41, 5.74) is 0.558. The third kappa shape index (κ3) is 3.41. The lowest BCUT2D eigenvalue weighted by atomic mass is 10.3. The third-order valence-corrected chi connectivity index (χ3v) is 8.23. The van der Waals surface area contributed by atoms with Crippen molar-refractivity contribution in [1.29, 1.82) is 0 Å². The number of benzene rings is 2. The van der Waals surface area contributed by atoms with E-state index in [0.717, 1.165) is 8.39 Å². The minimum Gasteiger partial charge on any atom is -0.269 e. The van der Waals surface area contributed by atoms with Crippen molar-refractivity contribution in [3.8, 4) is 0 Å². The fourth-order valence-electron chi connectivity index (χ4n) is 2.83. The van der Waals surface area contributed by atoms with Gasteiger partial charge in [0, 0.05) is 12.1 Å². The number of aromatic nitrogens is 2. The monoisotopic (exact) mass is 439 g/mol. The molecule has 0 saturated heterocycles. The Balaban J connectivity index is 2.13. The summed E-state index contributed by atoms with van der Waals surface area (Å²) in [5.74, 6) is 0. The molecule has 0 unspecified atom stereocenters. The molecule has 0 amide bonds. The predicted molar refractivity (Wildman–Crippen MR) is 108 cm³/mol. The van der Waals surface area contributed by atoms with Crippen LogP contribution in [0.25, 0.3) is 0 Å². The van der Waals surface area contributed by atoms with Crippen molar-refractivity contribution < 1.29 is 16.8 Å². The van der Waals surface area contributed by atoms with Crippen molar-refractivity contribution in [3.05, 3.63) is 71.0 Å². The molecule has 0 aliphatic carbocycles. The van der Waals surface area contributed by atoms with Crippen LogP contribution in [0.4, 0.5) is 5.69 Å². The number of sulfonamides is 1. The van der Waals surface area contributed by atoms with Gasteiger partial charge >= 0.3 is 0 Å². The summed E-state index contributed by atoms with van der Waals surface area (Å²) in [5, 5.41) is 4.40. The lowest BCUT2D eigenvalue weighted by Gasteiger charge is -2.19. The summed E-state index contributed by atoms with van der Waals surface area (Å²) < 4.78 is 54.1. The Morgan fingerprint density at radius 2 is 1.50 bits per heavy atom. The van der Waals surface area contributed by atoms with E-state index in [4.69, 9.17) is 11.6 Å². The lowest BCUT2D eigenvalue weighted by molar-refractivity contribution is 0.577. The Kier molecular flexibility index (Phi) is 5.26. The lowest BCUT2D eigenvalue weighted by Crippen LogP contribution is -2.27. The second-order valence-corrected chi connectivity index (χ2v) is 10.2. The van der Waals surface area contributed by atoms with E-state index in [1.807, 2.05) is 0 Å². The fraction of sp³-hybridized carbons (Fsp3) is 0.167. The molecule has 1 heterocycles. The fourth-order valence-corrected chi connectivity index (χ4v) is 5.93. The molecule has 2 aromatic carbocycles. The van der Waals surface area contributed by atoms with E-state index in [-0.39, 0.29) is 21.2 Å². The van der Waals surface area contributed by atoms with E-state index >= 15 is 0 Å². The van der Waals surface area contributed by atoms with Gasteiger partial charge in [0.15, 0.2) is 0 Å². The maximum Gasteiger partial charge on any atom is 0.283 e. The molecule has 28 heavy (non-hydrogen) atoms. The molecule has 0 atom stereocenters. The zero-order valence-electron chi connectivity index (χ0n) is 15.4. The molecule has 10 heteroatoms. The van der Waals surface area contributed by atoms with E-state index in [9.17, 15) is 16.8 Å². The zero-order chi connectivity index (χ0) is 20.7. The first-order valence-corrected chi connectivity index (χ1v) is 11.4. The van der Waals surface area contributed by atoms with Gasteiger partial charge in [-0.15, -0.1) is 0 Å². The molecule has 0 bridgehead atoms. The summed E-state index contributed by atoms with van der Waals surface area (Å²) in [6.45, 7) is 2.88. The number of halogens is 1. The van der Waals surface area contributed by atoms with E-state index in [0.29, 0.717) is 10.7 Å². The highest BCUT2D eigenvalue weighted by atomic mass is 35.5. The minimum absolute atomic E-state index is 0.00947. The Morgan fingerprint density at radius 3 is 2.07 bits per heavy atom. The van der Waals surface area contributed by atoms with Gasteiger partial charge in [0.2, 0.25) is 0 Å². The van der Waals surface area contributed by atoms with Crippen molar-refractivity contribution in [2.45, 2.75) is 23.6 Å². The van der Waals surface area contributed by atoms with Gasteiger partial charge < -0.3 is 0 Å². The van der Waals surface area contributed by atoms with Crippen molar-refractivity contribution in [3.63, 3.8) is 0 Å². The van der Waals surface area contributed by atoms with Gasteiger partial charge in [0.25, 0.3) is 20.0 Å². The maximum atomic E-state index is 13.2. The molecule has 0 fully saturated rings. The smallest absolute Gasteiger partial charge is 0.269 e. The molecule has 0 aliphatic rings. The standard InChI is InChI=1S/C18H18ClN3O4S2/c1-13-18(28(25,26)21(3)16-7-5-4-6-8-16)14(2)22(20-13)27(23,24)17-11-9-15(19)10-12-17/h4-12H,1-3H3. The topological polar surface area (TPSA) is 89.3 Å². The van der Waals surface area contributed by atoms with Crippen molar-refractivity contribution in [2.75, 3.05) is 11.4 Å². The molecule has 1 aromatic heterocycles. The molecule has 3 aromatic rings. The Hall–Kier alpha value is -2.36. The number of hydrogen-bond donors (Lipinski definition) is 0. The van der Waals surface area contributed by atoms with E-state index in [1.165, 1.54) is 45.2 Å². The first kappa shape index (κ1) is 20.4. The van der Waals surface area contributed by atoms with Gasteiger partial charge in [-0.1, -0.05) is 29.8 Å². The SMILES string of the molecule is Cc1nn(S(=O)(=O)c2ccc(Cl)cc2)c(C)c1S(=O)(=O)N(C)c1ccccc1. The second kappa shape index (κ2) is 7.23. The molecule has 0 aliphatic heterocycles. The average Bonchev–Trinajstić information content (AvgIpc) is 2.97. The van der Waals surface area contributed by atoms with E-state index in [1.54, 1.807) is 30.3 Å². The second-order valence-electron chi connectivity index (χ2n) is 6.11. The van der Waals surface area contributed by atoms with Crippen molar-refractivity contribution in [1.82, 2.24) is 9.19 Å². The van der Waals surface area contributed by atoms with Gasteiger partial charge in [0.05, 0.1) is 22.0 Å². The van der Waals surface area contributed by atoms with Gasteiger partial charge in [-0.25, -0.2) is 8.42 Å². The Bertz CT molecular complexity index is 1220. The van der Waals surface area contributed by atoms with Crippen LogP contribution in [0.5, 0.6) is 0 Å². The molecule has 7 nitrogen and oxygen atoms in total. The number of para-hydroxylation sites is 1. The molecular formula is C18H18ClN3O4S2. The van der Waals surface area contributed by atoms with Crippen LogP contribution < -0.4 is 4.31 Å². The average molecular weight is 440 g/mol. The quantitative estimate of drug-likeness (QED) is 0.608. The molecule has 148 valence electrons. The number of rotatable bonds is 5. The first-order chi connectivity index (χ1) is 13.1. The third-order valence-electron chi connectivity index (χ3n) is 4.26. The predicted octanol–water partition coefficient (Wildman–Crippen LogP) is 3.22. The molecule has 3 rings (SSSR count). The van der Waals surface area contributed by atoms with E-state index < -0.39 is 20.0 Å². The molecule has 0 N–H and O–H groups in total. The molecule has 0 spiro atoms. The van der Waals surface area contributed by atoms with Gasteiger partial charge in [-0.05, 0) is 50.2 Å². The number of aryl methyl sites for hydroxylation is 1. The maximum absolute atomic E-state index is 13.2. The van der Waals surface area contributed by atoms with Crippen LogP contribution in [0.15, 0.2) is 64.4 Å². The molecule has 0 saturated carbocycles. The number of anilines is 1. The van der Waals surface area contributed by atoms with Crippen LogP contribution >= 0.6 is 11.6 Å². The summed E-state index contributed by atoms with van der Waals surface area (Å²) in [6.07, 6.45) is 0. The van der Waals surface area contributed by atoms with Gasteiger partial charge in [-0.3, -0.25) is 4.31 Å². The normalized spacial score (nSPS) is 12.1. The van der Waals surface area contributed by atoms with Gasteiger partial charge in [0.1, 0.15) is 4.90 Å². The Morgan fingerprint density at radius 1 is 0.929 bits per heavy atom. The largest absolute Gasteiger partial charge is 0.283 e. The Labute approximate surface area is 169 Å². The van der Waals surface area contributed by atoms with Crippen LogP contribution in [-0.4, -0.2) is 33.1 Å². The summed E-state index contributed by atoms with van der Waals surface area (Å²) >= 11 is 5.82. The van der Waals surface area contributed by atoms with Crippen molar-refractivity contribution >= 4 is 37.3 Å². The highest BCUT2D eigenvalue weighted by Gasteiger charge is 2.32. The number of hydrogen-bond acceptors (Lipinski definition) is 5. The van der Waals surface area contributed by atoms with Crippen LogP contribution in [0.1, 0.15) is 11.4 Å². The summed E-state index contributed by atoms with van der Waals surface area (Å²) in [4.78, 5) is -0.181. The zero-order valence-corrected chi connectivity index (χ0v) is 17.8. The van der Waals surface area contributed by atoms with E-state index in [2.05, 4.69) is 5.10 Å². The van der Waals surface area contributed by atoms with Crippen LogP contribution in [0, 0.1) is 13.8 Å². The summed E-state index contributed by atoms with van der Waals surface area (Å²) in [7, 11) is -6.68. The van der Waals surface area contributed by atoms with Gasteiger partial charge in [-0.2, -0.15) is 17.6 Å². The van der Waals surface area contributed by atoms with Crippen LogP contribution in [0.2, 0.25) is 5.02 Å². The minimum atomic E-state index is -4.07.